The molecule has 1 heterocycles. The Morgan fingerprint density at radius 1 is 0.852 bits per heavy atom. The first-order chi connectivity index (χ1) is 13.0. The monoisotopic (exact) mass is 483 g/mol. The number of fused-ring (bicyclic) bond motifs is 1. The van der Waals surface area contributed by atoms with Gasteiger partial charge in [0, 0.05) is 16.7 Å². The van der Waals surface area contributed by atoms with E-state index in [4.69, 9.17) is 18.9 Å². The number of ether oxygens (including phenoxy) is 4. The summed E-state index contributed by atoms with van der Waals surface area (Å²) in [4.78, 5) is 15.0. The molecule has 0 bridgehead atoms. The SMILES string of the molecule is COc1cc(I)c(C(=O)N2CCc3cc(OC)c(OC)cc3C2)cc1OC. The molecule has 0 aromatic heterocycles. The fourth-order valence-electron chi connectivity index (χ4n) is 3.24. The third-order valence-corrected chi connectivity index (χ3v) is 5.60. The van der Waals surface area contributed by atoms with Gasteiger partial charge in [-0.1, -0.05) is 0 Å². The zero-order valence-corrected chi connectivity index (χ0v) is 18.0. The summed E-state index contributed by atoms with van der Waals surface area (Å²) in [5.74, 6) is 2.52. The Hall–Kier alpha value is -2.16. The molecule has 6 nitrogen and oxygen atoms in total. The third kappa shape index (κ3) is 3.78. The molecule has 3 rings (SSSR count). The summed E-state index contributed by atoms with van der Waals surface area (Å²) in [6.45, 7) is 1.17. The van der Waals surface area contributed by atoms with Gasteiger partial charge >= 0.3 is 0 Å². The molecule has 0 N–H and O–H groups in total. The molecule has 2 aromatic carbocycles. The lowest BCUT2D eigenvalue weighted by atomic mass is 9.98. The topological polar surface area (TPSA) is 57.2 Å². The number of amides is 1. The van der Waals surface area contributed by atoms with Crippen LogP contribution in [0.1, 0.15) is 21.5 Å². The highest BCUT2D eigenvalue weighted by Gasteiger charge is 2.26. The molecular weight excluding hydrogens is 461 g/mol. The number of methoxy groups -OCH3 is 4. The Morgan fingerprint density at radius 2 is 1.37 bits per heavy atom. The first kappa shape index (κ1) is 19.6. The maximum Gasteiger partial charge on any atom is 0.255 e. The molecule has 1 aliphatic rings. The summed E-state index contributed by atoms with van der Waals surface area (Å²) >= 11 is 2.15. The van der Waals surface area contributed by atoms with Crippen LogP contribution in [-0.2, 0) is 13.0 Å². The summed E-state index contributed by atoms with van der Waals surface area (Å²) in [6, 6.07) is 7.51. The first-order valence-electron chi connectivity index (χ1n) is 8.47. The molecule has 0 fully saturated rings. The van der Waals surface area contributed by atoms with Crippen molar-refractivity contribution >= 4 is 28.5 Å². The van der Waals surface area contributed by atoms with E-state index in [1.54, 1.807) is 34.5 Å². The van der Waals surface area contributed by atoms with Crippen molar-refractivity contribution in [3.63, 3.8) is 0 Å². The number of hydrogen-bond acceptors (Lipinski definition) is 5. The minimum Gasteiger partial charge on any atom is -0.493 e. The van der Waals surface area contributed by atoms with Crippen LogP contribution in [0.25, 0.3) is 0 Å². The van der Waals surface area contributed by atoms with Crippen molar-refractivity contribution in [2.24, 2.45) is 0 Å². The largest absolute Gasteiger partial charge is 0.493 e. The molecule has 0 aliphatic carbocycles. The Labute approximate surface area is 172 Å². The second kappa shape index (κ2) is 8.24. The van der Waals surface area contributed by atoms with Crippen molar-refractivity contribution in [3.8, 4) is 23.0 Å². The molecule has 27 heavy (non-hydrogen) atoms. The highest BCUT2D eigenvalue weighted by Crippen LogP contribution is 2.35. The van der Waals surface area contributed by atoms with E-state index in [1.807, 2.05) is 23.1 Å². The molecule has 7 heteroatoms. The average Bonchev–Trinajstić information content (AvgIpc) is 2.71. The van der Waals surface area contributed by atoms with Crippen LogP contribution >= 0.6 is 22.6 Å². The lowest BCUT2D eigenvalue weighted by Crippen LogP contribution is -2.36. The number of halogens is 1. The molecule has 144 valence electrons. The number of rotatable bonds is 5. The predicted molar refractivity (Wildman–Crippen MR) is 110 cm³/mol. The van der Waals surface area contributed by atoms with Crippen molar-refractivity contribution < 1.29 is 23.7 Å². The molecule has 1 aliphatic heterocycles. The Morgan fingerprint density at radius 3 is 1.96 bits per heavy atom. The van der Waals surface area contributed by atoms with Crippen molar-refractivity contribution in [2.75, 3.05) is 35.0 Å². The highest BCUT2D eigenvalue weighted by molar-refractivity contribution is 14.1. The molecule has 0 atom stereocenters. The second-order valence-corrected chi connectivity index (χ2v) is 7.30. The number of hydrogen-bond donors (Lipinski definition) is 0. The van der Waals surface area contributed by atoms with Gasteiger partial charge in [0.1, 0.15) is 0 Å². The van der Waals surface area contributed by atoms with Crippen LogP contribution in [0.4, 0.5) is 0 Å². The molecule has 0 saturated carbocycles. The molecule has 1 amide bonds. The van der Waals surface area contributed by atoms with E-state index < -0.39 is 0 Å². The van der Waals surface area contributed by atoms with E-state index >= 15 is 0 Å². The maximum atomic E-state index is 13.1. The Balaban J connectivity index is 1.90. The van der Waals surface area contributed by atoms with Gasteiger partial charge in [0.05, 0.1) is 34.0 Å². The van der Waals surface area contributed by atoms with Crippen molar-refractivity contribution in [3.05, 3.63) is 44.5 Å². The quantitative estimate of drug-likeness (QED) is 0.610. The standard InChI is InChI=1S/C20H22INO5/c1-24-16-7-12-5-6-22(11-13(12)8-17(16)25-2)20(23)14-9-18(26-3)19(27-4)10-15(14)21/h7-10H,5-6,11H2,1-4H3. The highest BCUT2D eigenvalue weighted by atomic mass is 127. The van der Waals surface area contributed by atoms with Crippen LogP contribution in [0.2, 0.25) is 0 Å². The van der Waals surface area contributed by atoms with E-state index in [-0.39, 0.29) is 5.91 Å². The van der Waals surface area contributed by atoms with E-state index in [1.165, 1.54) is 5.56 Å². The van der Waals surface area contributed by atoms with Crippen molar-refractivity contribution in [1.82, 2.24) is 4.90 Å². The normalized spacial score (nSPS) is 13.0. The zero-order chi connectivity index (χ0) is 19.6. The van der Waals surface area contributed by atoms with Gasteiger partial charge in [-0.15, -0.1) is 0 Å². The third-order valence-electron chi connectivity index (χ3n) is 4.71. The van der Waals surface area contributed by atoms with Crippen molar-refractivity contribution in [1.29, 1.82) is 0 Å². The zero-order valence-electron chi connectivity index (χ0n) is 15.8. The summed E-state index contributed by atoms with van der Waals surface area (Å²) in [6.07, 6.45) is 0.769. The van der Waals surface area contributed by atoms with Gasteiger partial charge in [-0.25, -0.2) is 0 Å². The van der Waals surface area contributed by atoms with Gasteiger partial charge in [0.2, 0.25) is 0 Å². The van der Waals surface area contributed by atoms with Crippen LogP contribution in [-0.4, -0.2) is 45.8 Å². The molecule has 2 aromatic rings. The summed E-state index contributed by atoms with van der Waals surface area (Å²) < 4.78 is 22.3. The van der Waals surface area contributed by atoms with Crippen LogP contribution in [0.15, 0.2) is 24.3 Å². The fraction of sp³-hybridized carbons (Fsp3) is 0.350. The summed E-state index contributed by atoms with van der Waals surface area (Å²) in [7, 11) is 6.39. The molecule has 0 unspecified atom stereocenters. The van der Waals surface area contributed by atoms with E-state index in [0.717, 1.165) is 15.6 Å². The smallest absolute Gasteiger partial charge is 0.255 e. The van der Waals surface area contributed by atoms with Gasteiger partial charge in [-0.05, 0) is 64.4 Å². The molecule has 0 radical (unpaired) electrons. The van der Waals surface area contributed by atoms with E-state index in [0.29, 0.717) is 41.7 Å². The van der Waals surface area contributed by atoms with Gasteiger partial charge in [-0.3, -0.25) is 4.79 Å². The summed E-state index contributed by atoms with van der Waals surface area (Å²) in [5, 5.41) is 0. The van der Waals surface area contributed by atoms with Gasteiger partial charge in [-0.2, -0.15) is 0 Å². The van der Waals surface area contributed by atoms with Gasteiger partial charge < -0.3 is 23.8 Å². The molecule has 0 spiro atoms. The van der Waals surface area contributed by atoms with Crippen molar-refractivity contribution in [2.45, 2.75) is 13.0 Å². The number of carbonyl (C=O) groups is 1. The van der Waals surface area contributed by atoms with Gasteiger partial charge in [0.25, 0.3) is 5.91 Å². The lowest BCUT2D eigenvalue weighted by Gasteiger charge is -2.30. The van der Waals surface area contributed by atoms with Crippen LogP contribution in [0.5, 0.6) is 23.0 Å². The minimum atomic E-state index is -0.0270. The molecular formula is C20H22INO5. The first-order valence-corrected chi connectivity index (χ1v) is 9.54. The second-order valence-electron chi connectivity index (χ2n) is 6.14. The minimum absolute atomic E-state index is 0.0270. The fourth-order valence-corrected chi connectivity index (χ4v) is 3.91. The van der Waals surface area contributed by atoms with Crippen LogP contribution in [0, 0.1) is 3.57 Å². The van der Waals surface area contributed by atoms with Crippen LogP contribution < -0.4 is 18.9 Å². The van der Waals surface area contributed by atoms with Gasteiger partial charge in [0.15, 0.2) is 23.0 Å². The average molecular weight is 483 g/mol. The number of nitrogens with zero attached hydrogens (tertiary/aromatic N) is 1. The lowest BCUT2D eigenvalue weighted by molar-refractivity contribution is 0.0733. The molecule has 0 saturated heterocycles. The Bertz CT molecular complexity index is 868. The number of benzene rings is 2. The Kier molecular flexibility index (Phi) is 5.98. The maximum absolute atomic E-state index is 13.1. The number of carbonyl (C=O) groups excluding carboxylic acids is 1. The van der Waals surface area contributed by atoms with E-state index in [2.05, 4.69) is 22.6 Å². The van der Waals surface area contributed by atoms with E-state index in [9.17, 15) is 4.79 Å². The summed E-state index contributed by atoms with van der Waals surface area (Å²) in [5.41, 5.74) is 2.86. The van der Waals surface area contributed by atoms with Crippen LogP contribution in [0.3, 0.4) is 0 Å². The predicted octanol–water partition coefficient (Wildman–Crippen LogP) is 3.52.